The van der Waals surface area contributed by atoms with Crippen molar-refractivity contribution in [3.63, 3.8) is 0 Å². The molecule has 0 aliphatic heterocycles. The molecule has 0 radical (unpaired) electrons. The molecular formula is C20H20N2O3S. The average molecular weight is 368 g/mol. The lowest BCUT2D eigenvalue weighted by atomic mass is 10.0. The lowest BCUT2D eigenvalue weighted by molar-refractivity contribution is -0.121. The Morgan fingerprint density at radius 1 is 0.846 bits per heavy atom. The van der Waals surface area contributed by atoms with Crippen LogP contribution < -0.4 is 10.0 Å². The molecule has 134 valence electrons. The van der Waals surface area contributed by atoms with E-state index in [1.54, 1.807) is 18.2 Å². The average Bonchev–Trinajstić information content (AvgIpc) is 2.67. The minimum absolute atomic E-state index is 0.0542. The van der Waals surface area contributed by atoms with Gasteiger partial charge >= 0.3 is 0 Å². The summed E-state index contributed by atoms with van der Waals surface area (Å²) in [5.74, 6) is -0.200. The Hall–Kier alpha value is -2.70. The van der Waals surface area contributed by atoms with Gasteiger partial charge in [0.05, 0.1) is 4.90 Å². The van der Waals surface area contributed by atoms with Gasteiger partial charge in [0, 0.05) is 19.5 Å². The first kappa shape index (κ1) is 18.1. The van der Waals surface area contributed by atoms with E-state index in [0.29, 0.717) is 6.54 Å². The zero-order valence-electron chi connectivity index (χ0n) is 14.2. The van der Waals surface area contributed by atoms with Crippen LogP contribution in [-0.2, 0) is 21.4 Å². The van der Waals surface area contributed by atoms with Crippen LogP contribution in [0.5, 0.6) is 0 Å². The van der Waals surface area contributed by atoms with E-state index in [0.717, 1.165) is 16.3 Å². The van der Waals surface area contributed by atoms with Gasteiger partial charge in [-0.05, 0) is 28.5 Å². The largest absolute Gasteiger partial charge is 0.352 e. The van der Waals surface area contributed by atoms with Crippen molar-refractivity contribution in [2.45, 2.75) is 17.9 Å². The van der Waals surface area contributed by atoms with Crippen LogP contribution in [0.2, 0.25) is 0 Å². The standard InChI is InChI=1S/C20H20N2O3S/c23-20(13-14-22-26(24,25)18-10-2-1-3-11-18)21-15-17-9-6-8-16-7-4-5-12-19(16)17/h1-12,22H,13-15H2,(H,21,23). The molecule has 0 saturated heterocycles. The van der Waals surface area contributed by atoms with Crippen molar-refractivity contribution in [1.82, 2.24) is 10.0 Å². The molecule has 0 fully saturated rings. The van der Waals surface area contributed by atoms with Gasteiger partial charge in [-0.2, -0.15) is 0 Å². The van der Waals surface area contributed by atoms with E-state index in [9.17, 15) is 13.2 Å². The molecule has 2 N–H and O–H groups in total. The van der Waals surface area contributed by atoms with Gasteiger partial charge in [-0.15, -0.1) is 0 Å². The highest BCUT2D eigenvalue weighted by Crippen LogP contribution is 2.18. The van der Waals surface area contributed by atoms with Crippen LogP contribution >= 0.6 is 0 Å². The normalized spacial score (nSPS) is 11.4. The monoisotopic (exact) mass is 368 g/mol. The van der Waals surface area contributed by atoms with Gasteiger partial charge in [0.15, 0.2) is 0 Å². The van der Waals surface area contributed by atoms with Gasteiger partial charge in [0.25, 0.3) is 0 Å². The number of fused-ring (bicyclic) bond motifs is 1. The van der Waals surface area contributed by atoms with Crippen LogP contribution in [-0.4, -0.2) is 20.9 Å². The maximum absolute atomic E-state index is 12.1. The lowest BCUT2D eigenvalue weighted by Gasteiger charge is -2.09. The first-order chi connectivity index (χ1) is 12.6. The van der Waals surface area contributed by atoms with Gasteiger partial charge in [0.2, 0.25) is 15.9 Å². The molecule has 0 atom stereocenters. The summed E-state index contributed by atoms with van der Waals surface area (Å²) >= 11 is 0. The Bertz CT molecular complexity index is 997. The molecule has 1 amide bonds. The summed E-state index contributed by atoms with van der Waals surface area (Å²) in [7, 11) is -3.58. The van der Waals surface area contributed by atoms with E-state index in [1.165, 1.54) is 12.1 Å². The highest BCUT2D eigenvalue weighted by Gasteiger charge is 2.13. The molecule has 0 heterocycles. The molecule has 3 rings (SSSR count). The summed E-state index contributed by atoms with van der Waals surface area (Å²) in [6.07, 6.45) is 0.0802. The fraction of sp³-hybridized carbons (Fsp3) is 0.150. The molecule has 0 saturated carbocycles. The van der Waals surface area contributed by atoms with Crippen molar-refractivity contribution in [3.8, 4) is 0 Å². The van der Waals surface area contributed by atoms with E-state index in [-0.39, 0.29) is 23.8 Å². The molecule has 0 spiro atoms. The number of hydrogen-bond acceptors (Lipinski definition) is 3. The lowest BCUT2D eigenvalue weighted by Crippen LogP contribution is -2.30. The fourth-order valence-electron chi connectivity index (χ4n) is 2.71. The topological polar surface area (TPSA) is 75.3 Å². The molecule has 3 aromatic carbocycles. The summed E-state index contributed by atoms with van der Waals surface area (Å²) < 4.78 is 26.6. The van der Waals surface area contributed by atoms with Gasteiger partial charge in [-0.3, -0.25) is 4.79 Å². The van der Waals surface area contributed by atoms with E-state index in [4.69, 9.17) is 0 Å². The second kappa shape index (κ2) is 8.12. The number of sulfonamides is 1. The zero-order valence-corrected chi connectivity index (χ0v) is 15.0. The number of nitrogens with one attached hydrogen (secondary N) is 2. The molecule has 0 aliphatic rings. The van der Waals surface area contributed by atoms with E-state index in [2.05, 4.69) is 10.0 Å². The van der Waals surface area contributed by atoms with Crippen LogP contribution in [0.25, 0.3) is 10.8 Å². The van der Waals surface area contributed by atoms with Gasteiger partial charge in [0.1, 0.15) is 0 Å². The van der Waals surface area contributed by atoms with Gasteiger partial charge in [-0.1, -0.05) is 60.7 Å². The smallest absolute Gasteiger partial charge is 0.240 e. The van der Waals surface area contributed by atoms with Gasteiger partial charge < -0.3 is 5.32 Å². The van der Waals surface area contributed by atoms with Crippen molar-refractivity contribution in [2.75, 3.05) is 6.54 Å². The fourth-order valence-corrected chi connectivity index (χ4v) is 3.76. The summed E-state index contributed by atoms with van der Waals surface area (Å²) in [5.41, 5.74) is 1.03. The summed E-state index contributed by atoms with van der Waals surface area (Å²) in [5, 5.41) is 5.06. The van der Waals surface area contributed by atoms with Crippen LogP contribution in [0.1, 0.15) is 12.0 Å². The molecule has 0 aliphatic carbocycles. The minimum Gasteiger partial charge on any atom is -0.352 e. The Labute approximate surface area is 153 Å². The van der Waals surface area contributed by atoms with Crippen LogP contribution in [0, 0.1) is 0 Å². The predicted molar refractivity (Wildman–Crippen MR) is 102 cm³/mol. The van der Waals surface area contributed by atoms with E-state index in [1.807, 2.05) is 42.5 Å². The Balaban J connectivity index is 1.52. The minimum atomic E-state index is -3.58. The van der Waals surface area contributed by atoms with E-state index >= 15 is 0 Å². The van der Waals surface area contributed by atoms with Crippen molar-refractivity contribution < 1.29 is 13.2 Å². The number of hydrogen-bond donors (Lipinski definition) is 2. The maximum Gasteiger partial charge on any atom is 0.240 e. The van der Waals surface area contributed by atoms with Crippen LogP contribution in [0.15, 0.2) is 77.7 Å². The van der Waals surface area contributed by atoms with Crippen LogP contribution in [0.3, 0.4) is 0 Å². The molecule has 5 nitrogen and oxygen atoms in total. The van der Waals surface area contributed by atoms with Crippen LogP contribution in [0.4, 0.5) is 0 Å². The molecule has 0 bridgehead atoms. The summed E-state index contributed by atoms with van der Waals surface area (Å²) in [6, 6.07) is 22.0. The van der Waals surface area contributed by atoms with Crippen molar-refractivity contribution in [3.05, 3.63) is 78.4 Å². The molecular weight excluding hydrogens is 348 g/mol. The highest BCUT2D eigenvalue weighted by atomic mass is 32.2. The van der Waals surface area contributed by atoms with E-state index < -0.39 is 10.0 Å². The summed E-state index contributed by atoms with van der Waals surface area (Å²) in [6.45, 7) is 0.463. The number of carbonyl (C=O) groups is 1. The molecule has 6 heteroatoms. The summed E-state index contributed by atoms with van der Waals surface area (Å²) in [4.78, 5) is 12.2. The first-order valence-electron chi connectivity index (χ1n) is 8.34. The quantitative estimate of drug-likeness (QED) is 0.673. The van der Waals surface area contributed by atoms with Crippen molar-refractivity contribution in [2.24, 2.45) is 0 Å². The van der Waals surface area contributed by atoms with Crippen molar-refractivity contribution >= 4 is 26.7 Å². The third-order valence-electron chi connectivity index (χ3n) is 4.05. The second-order valence-electron chi connectivity index (χ2n) is 5.88. The Morgan fingerprint density at radius 2 is 1.54 bits per heavy atom. The number of benzene rings is 3. The molecule has 0 aromatic heterocycles. The second-order valence-corrected chi connectivity index (χ2v) is 7.64. The Morgan fingerprint density at radius 3 is 2.35 bits per heavy atom. The molecule has 0 unspecified atom stereocenters. The predicted octanol–water partition coefficient (Wildman–Crippen LogP) is 2.82. The zero-order chi connectivity index (χ0) is 18.4. The van der Waals surface area contributed by atoms with Crippen molar-refractivity contribution in [1.29, 1.82) is 0 Å². The number of amides is 1. The molecule has 3 aromatic rings. The number of rotatable bonds is 7. The SMILES string of the molecule is O=C(CCNS(=O)(=O)c1ccccc1)NCc1cccc2ccccc12. The van der Waals surface area contributed by atoms with Gasteiger partial charge in [-0.25, -0.2) is 13.1 Å². The highest BCUT2D eigenvalue weighted by molar-refractivity contribution is 7.89. The Kier molecular flexibility index (Phi) is 5.65. The third-order valence-corrected chi connectivity index (χ3v) is 5.53. The third kappa shape index (κ3) is 4.47. The number of carbonyl (C=O) groups excluding carboxylic acids is 1. The maximum atomic E-state index is 12.1. The molecule has 26 heavy (non-hydrogen) atoms. The first-order valence-corrected chi connectivity index (χ1v) is 9.83.